The molecular weight excluding hydrogens is 252 g/mol. The summed E-state index contributed by atoms with van der Waals surface area (Å²) in [7, 11) is 1.64. The van der Waals surface area contributed by atoms with Gasteiger partial charge in [0, 0.05) is 18.5 Å². The maximum atomic E-state index is 6.08. The van der Waals surface area contributed by atoms with Crippen LogP contribution >= 0.6 is 0 Å². The number of methoxy groups -OCH3 is 1. The lowest BCUT2D eigenvalue weighted by Gasteiger charge is -2.16. The molecule has 0 bridgehead atoms. The lowest BCUT2D eigenvalue weighted by Crippen LogP contribution is -2.10. The van der Waals surface area contributed by atoms with Gasteiger partial charge < -0.3 is 15.0 Å². The van der Waals surface area contributed by atoms with E-state index in [1.54, 1.807) is 19.5 Å². The number of anilines is 1. The Balaban J connectivity index is 2.14. The zero-order chi connectivity index (χ0) is 14.1. The average Bonchev–Trinajstić information content (AvgIpc) is 2.82. The van der Waals surface area contributed by atoms with Crippen LogP contribution in [0, 0.1) is 0 Å². The molecule has 3 aromatic rings. The molecule has 5 nitrogen and oxygen atoms in total. The van der Waals surface area contributed by atoms with Crippen molar-refractivity contribution in [2.45, 2.75) is 13.0 Å². The Bertz CT molecular complexity index is 736. The van der Waals surface area contributed by atoms with Gasteiger partial charge in [0.15, 0.2) is 0 Å². The minimum atomic E-state index is 0.0939. The van der Waals surface area contributed by atoms with Crippen molar-refractivity contribution in [3.05, 3.63) is 48.3 Å². The zero-order valence-electron chi connectivity index (χ0n) is 11.4. The fourth-order valence-electron chi connectivity index (χ4n) is 2.42. The highest BCUT2D eigenvalue weighted by Gasteiger charge is 2.15. The molecule has 2 aromatic heterocycles. The molecule has 0 aliphatic heterocycles. The quantitative estimate of drug-likeness (QED) is 0.793. The first-order valence-corrected chi connectivity index (χ1v) is 6.42. The molecule has 0 saturated carbocycles. The van der Waals surface area contributed by atoms with E-state index in [4.69, 9.17) is 10.5 Å². The number of pyridine rings is 1. The standard InChI is InChI=1S/C15H16N4O/c1-10(11-5-7-17-8-6-11)19-14-4-3-12(20-2)9-13(14)18-15(19)16/h3-10H,1-2H3,(H2,16,18). The molecule has 20 heavy (non-hydrogen) atoms. The molecule has 2 N–H and O–H groups in total. The predicted molar refractivity (Wildman–Crippen MR) is 78.7 cm³/mol. The number of benzene rings is 1. The minimum absolute atomic E-state index is 0.0939. The molecule has 0 amide bonds. The van der Waals surface area contributed by atoms with E-state index in [1.807, 2.05) is 34.9 Å². The number of nitrogens with zero attached hydrogens (tertiary/aromatic N) is 3. The van der Waals surface area contributed by atoms with Crippen molar-refractivity contribution in [1.29, 1.82) is 0 Å². The molecule has 102 valence electrons. The van der Waals surface area contributed by atoms with Gasteiger partial charge in [-0.25, -0.2) is 4.98 Å². The number of rotatable bonds is 3. The summed E-state index contributed by atoms with van der Waals surface area (Å²) in [6.07, 6.45) is 3.56. The lowest BCUT2D eigenvalue weighted by atomic mass is 10.1. The highest BCUT2D eigenvalue weighted by Crippen LogP contribution is 2.28. The number of aromatic nitrogens is 3. The average molecular weight is 268 g/mol. The maximum absolute atomic E-state index is 6.08. The third kappa shape index (κ3) is 1.97. The van der Waals surface area contributed by atoms with E-state index in [0.717, 1.165) is 22.3 Å². The molecular formula is C15H16N4O. The zero-order valence-corrected chi connectivity index (χ0v) is 11.4. The van der Waals surface area contributed by atoms with Gasteiger partial charge in [-0.2, -0.15) is 0 Å². The molecule has 0 fully saturated rings. The number of hydrogen-bond donors (Lipinski definition) is 1. The van der Waals surface area contributed by atoms with Crippen molar-refractivity contribution in [1.82, 2.24) is 14.5 Å². The van der Waals surface area contributed by atoms with Crippen molar-refractivity contribution in [3.8, 4) is 5.75 Å². The maximum Gasteiger partial charge on any atom is 0.201 e. The number of hydrogen-bond acceptors (Lipinski definition) is 4. The fourth-order valence-corrected chi connectivity index (χ4v) is 2.42. The Kier molecular flexibility index (Phi) is 3.02. The van der Waals surface area contributed by atoms with Gasteiger partial charge in [0.2, 0.25) is 5.95 Å². The topological polar surface area (TPSA) is 66.0 Å². The van der Waals surface area contributed by atoms with Crippen LogP contribution in [0.3, 0.4) is 0 Å². The molecule has 0 spiro atoms. The first-order valence-electron chi connectivity index (χ1n) is 6.42. The SMILES string of the molecule is COc1ccc2c(c1)nc(N)n2C(C)c1ccncc1. The smallest absolute Gasteiger partial charge is 0.201 e. The highest BCUT2D eigenvalue weighted by molar-refractivity contribution is 5.80. The molecule has 1 aromatic carbocycles. The van der Waals surface area contributed by atoms with Crippen molar-refractivity contribution < 1.29 is 4.74 Å². The first kappa shape index (κ1) is 12.5. The van der Waals surface area contributed by atoms with E-state index in [9.17, 15) is 0 Å². The Hall–Kier alpha value is -2.56. The van der Waals surface area contributed by atoms with E-state index in [-0.39, 0.29) is 6.04 Å². The molecule has 0 aliphatic rings. The monoisotopic (exact) mass is 268 g/mol. The minimum Gasteiger partial charge on any atom is -0.497 e. The van der Waals surface area contributed by atoms with Gasteiger partial charge in [0.25, 0.3) is 0 Å². The number of nitrogen functional groups attached to an aromatic ring is 1. The van der Waals surface area contributed by atoms with Crippen molar-refractivity contribution >= 4 is 17.0 Å². The highest BCUT2D eigenvalue weighted by atomic mass is 16.5. The van der Waals surface area contributed by atoms with Crippen LogP contribution < -0.4 is 10.5 Å². The normalized spacial score (nSPS) is 12.5. The van der Waals surface area contributed by atoms with Crippen LogP contribution in [0.4, 0.5) is 5.95 Å². The molecule has 5 heteroatoms. The van der Waals surface area contributed by atoms with Gasteiger partial charge in [-0.15, -0.1) is 0 Å². The first-order chi connectivity index (χ1) is 9.70. The second kappa shape index (κ2) is 4.85. The molecule has 1 unspecified atom stereocenters. The Morgan fingerprint density at radius 3 is 2.65 bits per heavy atom. The van der Waals surface area contributed by atoms with Crippen LogP contribution in [-0.4, -0.2) is 21.6 Å². The summed E-state index contributed by atoms with van der Waals surface area (Å²) in [5.74, 6) is 1.27. The van der Waals surface area contributed by atoms with Crippen LogP contribution in [0.1, 0.15) is 18.5 Å². The lowest BCUT2D eigenvalue weighted by molar-refractivity contribution is 0.415. The molecule has 3 rings (SSSR count). The fraction of sp³-hybridized carbons (Fsp3) is 0.200. The summed E-state index contributed by atoms with van der Waals surface area (Å²) in [6.45, 7) is 2.09. The van der Waals surface area contributed by atoms with Crippen LogP contribution in [0.2, 0.25) is 0 Å². The van der Waals surface area contributed by atoms with E-state index in [0.29, 0.717) is 5.95 Å². The molecule has 0 saturated heterocycles. The third-order valence-corrected chi connectivity index (χ3v) is 3.50. The summed E-state index contributed by atoms with van der Waals surface area (Å²) in [4.78, 5) is 8.46. The van der Waals surface area contributed by atoms with Gasteiger partial charge in [0.05, 0.1) is 24.2 Å². The number of fused-ring (bicyclic) bond motifs is 1. The summed E-state index contributed by atoms with van der Waals surface area (Å²) in [6, 6.07) is 9.85. The predicted octanol–water partition coefficient (Wildman–Crippen LogP) is 2.63. The summed E-state index contributed by atoms with van der Waals surface area (Å²) >= 11 is 0. The van der Waals surface area contributed by atoms with E-state index in [2.05, 4.69) is 16.9 Å². The molecule has 1 atom stereocenters. The van der Waals surface area contributed by atoms with Crippen LogP contribution in [0.15, 0.2) is 42.7 Å². The van der Waals surface area contributed by atoms with Crippen LogP contribution in [-0.2, 0) is 0 Å². The Morgan fingerprint density at radius 1 is 1.20 bits per heavy atom. The van der Waals surface area contributed by atoms with Crippen molar-refractivity contribution in [2.24, 2.45) is 0 Å². The summed E-state index contributed by atoms with van der Waals surface area (Å²) in [5.41, 5.74) is 9.05. The van der Waals surface area contributed by atoms with E-state index < -0.39 is 0 Å². The summed E-state index contributed by atoms with van der Waals surface area (Å²) in [5, 5.41) is 0. The second-order valence-corrected chi connectivity index (χ2v) is 4.65. The van der Waals surface area contributed by atoms with Gasteiger partial charge in [-0.3, -0.25) is 4.98 Å². The largest absolute Gasteiger partial charge is 0.497 e. The van der Waals surface area contributed by atoms with E-state index >= 15 is 0 Å². The molecule has 2 heterocycles. The number of nitrogens with two attached hydrogens (primary N) is 1. The number of ether oxygens (including phenoxy) is 1. The van der Waals surface area contributed by atoms with Crippen LogP contribution in [0.25, 0.3) is 11.0 Å². The van der Waals surface area contributed by atoms with Gasteiger partial charge >= 0.3 is 0 Å². The van der Waals surface area contributed by atoms with E-state index in [1.165, 1.54) is 0 Å². The second-order valence-electron chi connectivity index (χ2n) is 4.65. The van der Waals surface area contributed by atoms with Crippen molar-refractivity contribution in [2.75, 3.05) is 12.8 Å². The molecule has 0 aliphatic carbocycles. The molecule has 0 radical (unpaired) electrons. The number of imidazole rings is 1. The van der Waals surface area contributed by atoms with Crippen molar-refractivity contribution in [3.63, 3.8) is 0 Å². The van der Waals surface area contributed by atoms with Gasteiger partial charge in [0.1, 0.15) is 5.75 Å². The van der Waals surface area contributed by atoms with Crippen LogP contribution in [0.5, 0.6) is 5.75 Å². The Morgan fingerprint density at radius 2 is 1.95 bits per heavy atom. The van der Waals surface area contributed by atoms with Gasteiger partial charge in [-0.05, 0) is 36.8 Å². The Labute approximate surface area is 117 Å². The summed E-state index contributed by atoms with van der Waals surface area (Å²) < 4.78 is 7.24. The third-order valence-electron chi connectivity index (χ3n) is 3.50. The van der Waals surface area contributed by atoms with Gasteiger partial charge in [-0.1, -0.05) is 0 Å².